The van der Waals surface area contributed by atoms with Gasteiger partial charge in [-0.3, -0.25) is 4.79 Å². The van der Waals surface area contributed by atoms with Gasteiger partial charge in [0.25, 0.3) is 0 Å². The number of methoxy groups -OCH3 is 1. The highest BCUT2D eigenvalue weighted by molar-refractivity contribution is 5.89. The van der Waals surface area contributed by atoms with Gasteiger partial charge >= 0.3 is 5.97 Å². The molecule has 1 aromatic rings. The molecule has 0 spiro atoms. The fourth-order valence-corrected chi connectivity index (χ4v) is 2.27. The van der Waals surface area contributed by atoms with Gasteiger partial charge in [-0.25, -0.2) is 4.79 Å². The van der Waals surface area contributed by atoms with Crippen molar-refractivity contribution in [3.63, 3.8) is 0 Å². The largest absolute Gasteiger partial charge is 0.465 e. The van der Waals surface area contributed by atoms with Crippen molar-refractivity contribution in [2.24, 2.45) is 0 Å². The van der Waals surface area contributed by atoms with Crippen molar-refractivity contribution >= 4 is 11.8 Å². The number of rotatable bonds is 2. The number of hydrogen-bond donors (Lipinski definition) is 1. The van der Waals surface area contributed by atoms with E-state index in [9.17, 15) is 14.7 Å². The molecule has 4 nitrogen and oxygen atoms in total. The van der Waals surface area contributed by atoms with Gasteiger partial charge in [-0.2, -0.15) is 0 Å². The molecule has 1 aliphatic carbocycles. The lowest BCUT2D eigenvalue weighted by molar-refractivity contribution is -0.125. The summed E-state index contributed by atoms with van der Waals surface area (Å²) in [5.41, 5.74) is 0.266. The second-order valence-electron chi connectivity index (χ2n) is 4.64. The van der Waals surface area contributed by atoms with Gasteiger partial charge < -0.3 is 9.84 Å². The molecule has 0 unspecified atom stereocenters. The summed E-state index contributed by atoms with van der Waals surface area (Å²) >= 11 is 0. The molecule has 0 radical (unpaired) electrons. The minimum Gasteiger partial charge on any atom is -0.465 e. The molecule has 2 rings (SSSR count). The van der Waals surface area contributed by atoms with Crippen molar-refractivity contribution in [2.45, 2.75) is 31.3 Å². The summed E-state index contributed by atoms with van der Waals surface area (Å²) in [4.78, 5) is 22.5. The maximum Gasteiger partial charge on any atom is 0.337 e. The number of carbonyl (C=O) groups excluding carboxylic acids is 2. The standard InChI is InChI=1S/C14H16O4/c1-18-13(16)10-2-4-11(5-3-10)14(17)8-6-12(15)7-9-14/h2-5,17H,6-9H2,1H3. The maximum absolute atomic E-state index is 11.3. The van der Waals surface area contributed by atoms with Crippen molar-refractivity contribution in [3.05, 3.63) is 35.4 Å². The molecule has 1 fully saturated rings. The van der Waals surface area contributed by atoms with E-state index in [-0.39, 0.29) is 5.78 Å². The molecule has 1 aliphatic rings. The number of aliphatic hydroxyl groups is 1. The van der Waals surface area contributed by atoms with Crippen LogP contribution in [0.5, 0.6) is 0 Å². The average Bonchev–Trinajstić information content (AvgIpc) is 2.41. The third kappa shape index (κ3) is 2.43. The second-order valence-corrected chi connectivity index (χ2v) is 4.64. The Morgan fingerprint density at radius 1 is 1.22 bits per heavy atom. The van der Waals surface area contributed by atoms with Crippen LogP contribution in [0.1, 0.15) is 41.6 Å². The lowest BCUT2D eigenvalue weighted by Crippen LogP contribution is -2.31. The minimum absolute atomic E-state index is 0.200. The summed E-state index contributed by atoms with van der Waals surface area (Å²) in [5, 5.41) is 10.5. The Balaban J connectivity index is 2.19. The molecule has 0 aliphatic heterocycles. The Morgan fingerprint density at radius 3 is 2.28 bits per heavy atom. The molecule has 0 heterocycles. The van der Waals surface area contributed by atoms with E-state index in [0.717, 1.165) is 5.56 Å². The van der Waals surface area contributed by atoms with E-state index < -0.39 is 11.6 Å². The molecule has 96 valence electrons. The van der Waals surface area contributed by atoms with Crippen molar-refractivity contribution in [2.75, 3.05) is 7.11 Å². The molecular weight excluding hydrogens is 232 g/mol. The molecular formula is C14H16O4. The Labute approximate surface area is 106 Å². The van der Waals surface area contributed by atoms with Crippen molar-refractivity contribution < 1.29 is 19.4 Å². The highest BCUT2D eigenvalue weighted by atomic mass is 16.5. The van der Waals surface area contributed by atoms with Gasteiger partial charge in [0.05, 0.1) is 18.3 Å². The number of ketones is 1. The topological polar surface area (TPSA) is 63.6 Å². The van der Waals surface area contributed by atoms with Gasteiger partial charge in [0, 0.05) is 12.8 Å². The van der Waals surface area contributed by atoms with E-state index in [1.54, 1.807) is 24.3 Å². The first kappa shape index (κ1) is 12.8. The fraction of sp³-hybridized carbons (Fsp3) is 0.429. The number of benzene rings is 1. The summed E-state index contributed by atoms with van der Waals surface area (Å²) in [7, 11) is 1.33. The molecule has 1 N–H and O–H groups in total. The first-order valence-electron chi connectivity index (χ1n) is 5.98. The minimum atomic E-state index is -0.942. The summed E-state index contributed by atoms with van der Waals surface area (Å²) in [6.07, 6.45) is 1.72. The Morgan fingerprint density at radius 2 is 1.78 bits per heavy atom. The summed E-state index contributed by atoms with van der Waals surface area (Å²) < 4.78 is 4.61. The van der Waals surface area contributed by atoms with Crippen LogP contribution in [0.2, 0.25) is 0 Å². The van der Waals surface area contributed by atoms with Crippen LogP contribution in [0.4, 0.5) is 0 Å². The highest BCUT2D eigenvalue weighted by Gasteiger charge is 2.33. The van der Waals surface area contributed by atoms with Gasteiger partial charge in [-0.1, -0.05) is 12.1 Å². The first-order valence-corrected chi connectivity index (χ1v) is 5.98. The van der Waals surface area contributed by atoms with Crippen LogP contribution in [-0.2, 0) is 15.1 Å². The average molecular weight is 248 g/mol. The Hall–Kier alpha value is -1.68. The molecule has 1 saturated carbocycles. The van der Waals surface area contributed by atoms with Crippen LogP contribution < -0.4 is 0 Å². The zero-order valence-corrected chi connectivity index (χ0v) is 10.3. The molecule has 4 heteroatoms. The van der Waals surface area contributed by atoms with E-state index in [1.807, 2.05) is 0 Å². The predicted molar refractivity (Wildman–Crippen MR) is 65.2 cm³/mol. The normalized spacial score (nSPS) is 18.4. The third-order valence-electron chi connectivity index (χ3n) is 3.48. The summed E-state index contributed by atoms with van der Waals surface area (Å²) in [6, 6.07) is 6.72. The molecule has 0 atom stereocenters. The second kappa shape index (κ2) is 4.90. The predicted octanol–water partition coefficient (Wildman–Crippen LogP) is 1.80. The van der Waals surface area contributed by atoms with Crippen LogP contribution >= 0.6 is 0 Å². The quantitative estimate of drug-likeness (QED) is 0.811. The van der Waals surface area contributed by atoms with Gasteiger partial charge in [0.1, 0.15) is 5.78 Å². The van der Waals surface area contributed by atoms with Crippen LogP contribution in [-0.4, -0.2) is 24.0 Å². The zero-order valence-electron chi connectivity index (χ0n) is 10.3. The number of esters is 1. The smallest absolute Gasteiger partial charge is 0.337 e. The SMILES string of the molecule is COC(=O)c1ccc(C2(O)CCC(=O)CC2)cc1. The van der Waals surface area contributed by atoms with Crippen molar-refractivity contribution in [1.29, 1.82) is 0 Å². The molecule has 1 aromatic carbocycles. The fourth-order valence-electron chi connectivity index (χ4n) is 2.27. The number of ether oxygens (including phenoxy) is 1. The molecule has 0 amide bonds. The van der Waals surface area contributed by atoms with Crippen molar-refractivity contribution in [3.8, 4) is 0 Å². The van der Waals surface area contributed by atoms with Crippen LogP contribution in [0.25, 0.3) is 0 Å². The summed E-state index contributed by atoms with van der Waals surface area (Å²) in [6.45, 7) is 0. The lowest BCUT2D eigenvalue weighted by Gasteiger charge is -2.32. The van der Waals surface area contributed by atoms with E-state index >= 15 is 0 Å². The van der Waals surface area contributed by atoms with Crippen LogP contribution in [0.15, 0.2) is 24.3 Å². The molecule has 0 saturated heterocycles. The monoisotopic (exact) mass is 248 g/mol. The van der Waals surface area contributed by atoms with E-state index in [4.69, 9.17) is 0 Å². The van der Waals surface area contributed by atoms with E-state index in [2.05, 4.69) is 4.74 Å². The van der Waals surface area contributed by atoms with Crippen molar-refractivity contribution in [1.82, 2.24) is 0 Å². The zero-order chi connectivity index (χ0) is 13.2. The van der Waals surface area contributed by atoms with Crippen LogP contribution in [0, 0.1) is 0 Å². The maximum atomic E-state index is 11.3. The number of carbonyl (C=O) groups is 2. The van der Waals surface area contributed by atoms with Crippen LogP contribution in [0.3, 0.4) is 0 Å². The molecule has 0 bridgehead atoms. The highest BCUT2D eigenvalue weighted by Crippen LogP contribution is 2.35. The van der Waals surface area contributed by atoms with E-state index in [1.165, 1.54) is 7.11 Å². The number of hydrogen-bond acceptors (Lipinski definition) is 4. The summed E-state index contributed by atoms with van der Waals surface area (Å²) in [5.74, 6) is -0.196. The van der Waals surface area contributed by atoms with Gasteiger partial charge in [0.2, 0.25) is 0 Å². The first-order chi connectivity index (χ1) is 8.55. The molecule has 18 heavy (non-hydrogen) atoms. The Kier molecular flexibility index (Phi) is 3.48. The number of Topliss-reactive ketones (excluding diaryl/α,β-unsaturated/α-hetero) is 1. The lowest BCUT2D eigenvalue weighted by atomic mass is 9.79. The third-order valence-corrected chi connectivity index (χ3v) is 3.48. The van der Waals surface area contributed by atoms with Gasteiger partial charge in [0.15, 0.2) is 0 Å². The van der Waals surface area contributed by atoms with Gasteiger partial charge in [-0.15, -0.1) is 0 Å². The Bertz CT molecular complexity index is 451. The molecule has 0 aromatic heterocycles. The van der Waals surface area contributed by atoms with E-state index in [0.29, 0.717) is 31.2 Å². The van der Waals surface area contributed by atoms with Gasteiger partial charge in [-0.05, 0) is 30.5 Å².